The van der Waals surface area contributed by atoms with E-state index in [9.17, 15) is 14.3 Å². The summed E-state index contributed by atoms with van der Waals surface area (Å²) in [5, 5.41) is 20.4. The largest absolute Gasteiger partial charge is 0.507 e. The van der Waals surface area contributed by atoms with Crippen LogP contribution in [0, 0.1) is 12.7 Å². The second-order valence-electron chi connectivity index (χ2n) is 6.59. The fourth-order valence-electron chi connectivity index (χ4n) is 3.04. The van der Waals surface area contributed by atoms with E-state index in [-0.39, 0.29) is 22.3 Å². The van der Waals surface area contributed by atoms with Crippen molar-refractivity contribution >= 4 is 34.5 Å². The van der Waals surface area contributed by atoms with Gasteiger partial charge in [0.15, 0.2) is 0 Å². The molecule has 0 fully saturated rings. The summed E-state index contributed by atoms with van der Waals surface area (Å²) in [6.45, 7) is 1.74. The summed E-state index contributed by atoms with van der Waals surface area (Å²) < 4.78 is 14.6. The Morgan fingerprint density at radius 3 is 2.53 bits per heavy atom. The predicted molar refractivity (Wildman–Crippen MR) is 114 cm³/mol. The Kier molecular flexibility index (Phi) is 5.20. The molecular weight excluding hydrogens is 407 g/mol. The topological polar surface area (TPSA) is 79.5 Å². The lowest BCUT2D eigenvalue weighted by molar-refractivity contribution is 0.0952. The second-order valence-corrected chi connectivity index (χ2v) is 6.95. The number of phenolic OH excluding ortho intramolecular Hbond substituents is 1. The number of carbonyl (C=O) groups excluding carboxylic acids is 1. The van der Waals surface area contributed by atoms with E-state index >= 15 is 0 Å². The number of rotatable bonds is 4. The molecule has 0 aliphatic heterocycles. The lowest BCUT2D eigenvalue weighted by atomic mass is 10.1. The summed E-state index contributed by atoms with van der Waals surface area (Å²) in [4.78, 5) is 12.5. The molecule has 4 rings (SSSR count). The Balaban J connectivity index is 1.56. The first-order valence-electron chi connectivity index (χ1n) is 9.00. The molecule has 0 bridgehead atoms. The van der Waals surface area contributed by atoms with Crippen molar-refractivity contribution in [2.75, 3.05) is 0 Å². The van der Waals surface area contributed by atoms with Gasteiger partial charge in [-0.3, -0.25) is 4.79 Å². The van der Waals surface area contributed by atoms with Crippen LogP contribution in [-0.2, 0) is 0 Å². The maximum absolute atomic E-state index is 13.1. The van der Waals surface area contributed by atoms with Crippen molar-refractivity contribution < 1.29 is 14.3 Å². The quantitative estimate of drug-likeness (QED) is 0.372. The van der Waals surface area contributed by atoms with Crippen LogP contribution in [0.5, 0.6) is 5.75 Å². The Labute approximate surface area is 176 Å². The maximum atomic E-state index is 13.1. The van der Waals surface area contributed by atoms with Gasteiger partial charge < -0.3 is 5.11 Å². The van der Waals surface area contributed by atoms with Gasteiger partial charge in [0.2, 0.25) is 0 Å². The smallest absolute Gasteiger partial charge is 0.275 e. The fourth-order valence-corrected chi connectivity index (χ4v) is 3.36. The predicted octanol–water partition coefficient (Wildman–Crippen LogP) is 4.60. The first-order chi connectivity index (χ1) is 14.4. The standard InChI is InChI=1S/C22H16ClFN4O2/c1-13-19(21(23)28(27-13)17-8-6-16(24)7-9-17)12-25-26-22(30)18-10-14-4-2-3-5-15(14)11-20(18)29/h2-12,29H,1H3,(H,26,30). The van der Waals surface area contributed by atoms with E-state index in [2.05, 4.69) is 15.6 Å². The average Bonchev–Trinajstić information content (AvgIpc) is 3.02. The van der Waals surface area contributed by atoms with Gasteiger partial charge in [0, 0.05) is 0 Å². The van der Waals surface area contributed by atoms with E-state index in [4.69, 9.17) is 11.6 Å². The SMILES string of the molecule is Cc1nn(-c2ccc(F)cc2)c(Cl)c1C=NNC(=O)c1cc2ccccc2cc1O. The minimum Gasteiger partial charge on any atom is -0.507 e. The zero-order valence-corrected chi connectivity index (χ0v) is 16.6. The van der Waals surface area contributed by atoms with Crippen molar-refractivity contribution in [1.82, 2.24) is 15.2 Å². The molecule has 0 atom stereocenters. The molecule has 1 amide bonds. The van der Waals surface area contributed by atoms with Crippen LogP contribution in [0.3, 0.4) is 0 Å². The highest BCUT2D eigenvalue weighted by atomic mass is 35.5. The van der Waals surface area contributed by atoms with E-state index in [1.807, 2.05) is 24.3 Å². The molecule has 0 spiro atoms. The lowest BCUT2D eigenvalue weighted by Gasteiger charge is -2.05. The zero-order chi connectivity index (χ0) is 21.3. The molecule has 0 unspecified atom stereocenters. The molecule has 0 aliphatic rings. The number of fused-ring (bicyclic) bond motifs is 1. The van der Waals surface area contributed by atoms with E-state index in [1.54, 1.807) is 25.1 Å². The van der Waals surface area contributed by atoms with Crippen LogP contribution in [0.2, 0.25) is 5.15 Å². The highest BCUT2D eigenvalue weighted by Gasteiger charge is 2.15. The summed E-state index contributed by atoms with van der Waals surface area (Å²) in [6, 6.07) is 16.3. The fraction of sp³-hybridized carbons (Fsp3) is 0.0455. The van der Waals surface area contributed by atoms with E-state index in [0.29, 0.717) is 16.9 Å². The van der Waals surface area contributed by atoms with Gasteiger partial charge in [-0.25, -0.2) is 14.5 Å². The Morgan fingerprint density at radius 1 is 1.17 bits per heavy atom. The number of hydrazone groups is 1. The molecule has 8 heteroatoms. The number of nitrogens with zero attached hydrogens (tertiary/aromatic N) is 3. The Hall–Kier alpha value is -3.71. The minimum atomic E-state index is -0.561. The number of halogens is 2. The van der Waals surface area contributed by atoms with Gasteiger partial charge in [0.1, 0.15) is 16.7 Å². The average molecular weight is 423 g/mol. The van der Waals surface area contributed by atoms with Crippen LogP contribution in [0.25, 0.3) is 16.5 Å². The third-order valence-corrected chi connectivity index (χ3v) is 4.95. The number of nitrogens with one attached hydrogen (secondary N) is 1. The molecule has 0 saturated heterocycles. The minimum absolute atomic E-state index is 0.107. The molecule has 0 radical (unpaired) electrons. The summed E-state index contributed by atoms with van der Waals surface area (Å²) in [7, 11) is 0. The highest BCUT2D eigenvalue weighted by molar-refractivity contribution is 6.32. The van der Waals surface area contributed by atoms with Gasteiger partial charge in [-0.05, 0) is 54.1 Å². The first kappa shape index (κ1) is 19.6. The summed E-state index contributed by atoms with van der Waals surface area (Å²) in [5.41, 5.74) is 4.17. The van der Waals surface area contributed by atoms with Crippen LogP contribution in [0.15, 0.2) is 65.8 Å². The van der Waals surface area contributed by atoms with Crippen LogP contribution in [0.1, 0.15) is 21.6 Å². The number of aromatic hydroxyl groups is 1. The number of aryl methyl sites for hydroxylation is 1. The Bertz CT molecular complexity index is 1280. The van der Waals surface area contributed by atoms with Crippen LogP contribution in [-0.4, -0.2) is 27.0 Å². The van der Waals surface area contributed by atoms with Gasteiger partial charge in [0.05, 0.1) is 28.7 Å². The van der Waals surface area contributed by atoms with Crippen molar-refractivity contribution in [2.24, 2.45) is 5.10 Å². The normalized spacial score (nSPS) is 11.3. The molecule has 30 heavy (non-hydrogen) atoms. The number of amides is 1. The van der Waals surface area contributed by atoms with Gasteiger partial charge in [-0.1, -0.05) is 35.9 Å². The molecule has 0 aliphatic carbocycles. The number of benzene rings is 3. The number of aromatic nitrogens is 2. The maximum Gasteiger partial charge on any atom is 0.275 e. The van der Waals surface area contributed by atoms with Crippen molar-refractivity contribution in [3.8, 4) is 11.4 Å². The molecule has 4 aromatic rings. The monoisotopic (exact) mass is 422 g/mol. The molecule has 1 aromatic heterocycles. The summed E-state index contributed by atoms with van der Waals surface area (Å²) in [5.74, 6) is -1.06. The van der Waals surface area contributed by atoms with E-state index < -0.39 is 5.91 Å². The van der Waals surface area contributed by atoms with Crippen molar-refractivity contribution in [2.45, 2.75) is 6.92 Å². The van der Waals surface area contributed by atoms with Gasteiger partial charge in [0.25, 0.3) is 5.91 Å². The van der Waals surface area contributed by atoms with Gasteiger partial charge in [-0.2, -0.15) is 10.2 Å². The lowest BCUT2D eigenvalue weighted by Crippen LogP contribution is -2.17. The molecule has 1 heterocycles. The molecule has 0 saturated carbocycles. The second kappa shape index (κ2) is 7.96. The van der Waals surface area contributed by atoms with Crippen LogP contribution in [0.4, 0.5) is 4.39 Å². The molecule has 150 valence electrons. The first-order valence-corrected chi connectivity index (χ1v) is 9.38. The third kappa shape index (κ3) is 3.75. The third-order valence-electron chi connectivity index (χ3n) is 4.59. The molecule has 2 N–H and O–H groups in total. The number of hydrogen-bond donors (Lipinski definition) is 2. The van der Waals surface area contributed by atoms with Gasteiger partial charge in [-0.15, -0.1) is 0 Å². The van der Waals surface area contributed by atoms with E-state index in [0.717, 1.165) is 10.8 Å². The van der Waals surface area contributed by atoms with Crippen molar-refractivity contribution in [1.29, 1.82) is 0 Å². The number of hydrogen-bond acceptors (Lipinski definition) is 4. The van der Waals surface area contributed by atoms with Crippen LogP contribution < -0.4 is 5.43 Å². The molecular formula is C22H16ClFN4O2. The zero-order valence-electron chi connectivity index (χ0n) is 15.8. The number of carbonyl (C=O) groups is 1. The van der Waals surface area contributed by atoms with Crippen molar-refractivity contribution in [3.05, 3.63) is 88.5 Å². The Morgan fingerprint density at radius 2 is 1.83 bits per heavy atom. The summed E-state index contributed by atoms with van der Waals surface area (Å²) >= 11 is 6.39. The van der Waals surface area contributed by atoms with Crippen molar-refractivity contribution in [3.63, 3.8) is 0 Å². The number of phenols is 1. The van der Waals surface area contributed by atoms with E-state index in [1.165, 1.54) is 29.1 Å². The summed E-state index contributed by atoms with van der Waals surface area (Å²) in [6.07, 6.45) is 1.38. The van der Waals surface area contributed by atoms with Crippen LogP contribution >= 0.6 is 11.6 Å². The molecule has 3 aromatic carbocycles. The molecule has 6 nitrogen and oxygen atoms in total. The van der Waals surface area contributed by atoms with Gasteiger partial charge >= 0.3 is 0 Å². The highest BCUT2D eigenvalue weighted by Crippen LogP contribution is 2.25.